The van der Waals surface area contributed by atoms with Gasteiger partial charge in [0.1, 0.15) is 6.61 Å². The third kappa shape index (κ3) is 6.83. The summed E-state index contributed by atoms with van der Waals surface area (Å²) in [5.41, 5.74) is 1.29. The van der Waals surface area contributed by atoms with Gasteiger partial charge in [-0.3, -0.25) is 9.59 Å². The van der Waals surface area contributed by atoms with Crippen molar-refractivity contribution in [2.24, 2.45) is 0 Å². The van der Waals surface area contributed by atoms with Crippen LogP contribution in [0.4, 0.5) is 4.79 Å². The Kier molecular flexibility index (Phi) is 8.86. The Labute approximate surface area is 207 Å². The van der Waals surface area contributed by atoms with Gasteiger partial charge in [-0.2, -0.15) is 0 Å². The van der Waals surface area contributed by atoms with Crippen LogP contribution in [0.1, 0.15) is 42.2 Å². The predicted octanol–water partition coefficient (Wildman–Crippen LogP) is 3.26. The van der Waals surface area contributed by atoms with Crippen molar-refractivity contribution >= 4 is 35.5 Å². The SMILES string of the molecule is CCOC(=O)C1=C(COC(=O)CC(NC(=O)c2ccccc2Cl)c2ccccc2)NC(=O)NC1C. The third-order valence-corrected chi connectivity index (χ3v) is 5.57. The van der Waals surface area contributed by atoms with E-state index in [4.69, 9.17) is 21.1 Å². The van der Waals surface area contributed by atoms with E-state index in [9.17, 15) is 19.2 Å². The lowest BCUT2D eigenvalue weighted by Crippen LogP contribution is -2.50. The summed E-state index contributed by atoms with van der Waals surface area (Å²) in [5.74, 6) is -1.70. The van der Waals surface area contributed by atoms with E-state index in [-0.39, 0.29) is 41.5 Å². The quantitative estimate of drug-likeness (QED) is 0.455. The van der Waals surface area contributed by atoms with Crippen molar-refractivity contribution in [3.05, 3.63) is 82.0 Å². The molecule has 2 atom stereocenters. The summed E-state index contributed by atoms with van der Waals surface area (Å²) in [5, 5.41) is 8.19. The maximum absolute atomic E-state index is 12.8. The second-order valence-electron chi connectivity index (χ2n) is 7.71. The monoisotopic (exact) mass is 499 g/mol. The van der Waals surface area contributed by atoms with Crippen molar-refractivity contribution < 1.29 is 28.7 Å². The maximum atomic E-state index is 12.8. The fourth-order valence-corrected chi connectivity index (χ4v) is 3.81. The van der Waals surface area contributed by atoms with E-state index >= 15 is 0 Å². The molecule has 2 aromatic carbocycles. The zero-order valence-electron chi connectivity index (χ0n) is 19.3. The number of carbonyl (C=O) groups excluding carboxylic acids is 4. The normalized spacial score (nSPS) is 16.0. The molecule has 2 aromatic rings. The first-order valence-corrected chi connectivity index (χ1v) is 11.4. The van der Waals surface area contributed by atoms with E-state index in [0.29, 0.717) is 5.56 Å². The Hall–Kier alpha value is -3.85. The average molecular weight is 500 g/mol. The van der Waals surface area contributed by atoms with Gasteiger partial charge in [0, 0.05) is 0 Å². The zero-order valence-corrected chi connectivity index (χ0v) is 20.1. The van der Waals surface area contributed by atoms with Crippen LogP contribution in [-0.4, -0.2) is 43.1 Å². The zero-order chi connectivity index (χ0) is 25.4. The molecule has 2 unspecified atom stereocenters. The second-order valence-corrected chi connectivity index (χ2v) is 8.12. The number of hydrogen-bond acceptors (Lipinski definition) is 6. The average Bonchev–Trinajstić information content (AvgIpc) is 2.82. The molecule has 35 heavy (non-hydrogen) atoms. The molecule has 0 spiro atoms. The van der Waals surface area contributed by atoms with Crippen molar-refractivity contribution in [3.63, 3.8) is 0 Å². The number of carbonyl (C=O) groups is 4. The number of nitrogens with one attached hydrogen (secondary N) is 3. The van der Waals surface area contributed by atoms with Gasteiger partial charge in [-0.05, 0) is 31.5 Å². The molecule has 184 valence electrons. The van der Waals surface area contributed by atoms with Gasteiger partial charge < -0.3 is 25.4 Å². The Morgan fingerprint density at radius 3 is 2.43 bits per heavy atom. The number of ether oxygens (including phenoxy) is 2. The molecule has 0 saturated carbocycles. The lowest BCUT2D eigenvalue weighted by molar-refractivity contribution is -0.144. The molecular formula is C25H26ClN3O6. The first-order valence-electron chi connectivity index (χ1n) is 11.0. The van der Waals surface area contributed by atoms with E-state index in [1.165, 1.54) is 0 Å². The van der Waals surface area contributed by atoms with E-state index in [0.717, 1.165) is 0 Å². The van der Waals surface area contributed by atoms with Gasteiger partial charge in [0.25, 0.3) is 5.91 Å². The van der Waals surface area contributed by atoms with Gasteiger partial charge in [-0.25, -0.2) is 9.59 Å². The molecular weight excluding hydrogens is 474 g/mol. The topological polar surface area (TPSA) is 123 Å². The molecule has 0 aromatic heterocycles. The fourth-order valence-electron chi connectivity index (χ4n) is 3.59. The van der Waals surface area contributed by atoms with Crippen molar-refractivity contribution in [2.75, 3.05) is 13.2 Å². The van der Waals surface area contributed by atoms with Crippen LogP contribution in [0.3, 0.4) is 0 Å². The number of hydrogen-bond donors (Lipinski definition) is 3. The Bertz CT molecular complexity index is 1140. The number of urea groups is 1. The number of esters is 2. The number of amides is 3. The van der Waals surface area contributed by atoms with Crippen LogP contribution in [0, 0.1) is 0 Å². The van der Waals surface area contributed by atoms with Crippen molar-refractivity contribution in [2.45, 2.75) is 32.4 Å². The molecule has 1 aliphatic rings. The number of rotatable bonds is 9. The summed E-state index contributed by atoms with van der Waals surface area (Å²) in [6, 6.07) is 13.7. The highest BCUT2D eigenvalue weighted by molar-refractivity contribution is 6.33. The molecule has 10 heteroatoms. The van der Waals surface area contributed by atoms with Gasteiger partial charge in [-0.15, -0.1) is 0 Å². The van der Waals surface area contributed by atoms with Gasteiger partial charge in [0.15, 0.2) is 0 Å². The summed E-state index contributed by atoms with van der Waals surface area (Å²) in [7, 11) is 0. The lowest BCUT2D eigenvalue weighted by Gasteiger charge is -2.26. The molecule has 0 bridgehead atoms. The van der Waals surface area contributed by atoms with Gasteiger partial charge in [0.05, 0.1) is 47.0 Å². The largest absolute Gasteiger partial charge is 0.463 e. The summed E-state index contributed by atoms with van der Waals surface area (Å²) >= 11 is 6.14. The molecule has 0 aliphatic carbocycles. The molecule has 1 aliphatic heterocycles. The third-order valence-electron chi connectivity index (χ3n) is 5.24. The van der Waals surface area contributed by atoms with E-state index < -0.39 is 36.0 Å². The van der Waals surface area contributed by atoms with Crippen molar-refractivity contribution in [1.82, 2.24) is 16.0 Å². The van der Waals surface area contributed by atoms with Crippen molar-refractivity contribution in [1.29, 1.82) is 0 Å². The highest BCUT2D eigenvalue weighted by Crippen LogP contribution is 2.21. The smallest absolute Gasteiger partial charge is 0.338 e. The molecule has 9 nitrogen and oxygen atoms in total. The first kappa shape index (κ1) is 25.8. The molecule has 0 fully saturated rings. The van der Waals surface area contributed by atoms with Crippen LogP contribution < -0.4 is 16.0 Å². The van der Waals surface area contributed by atoms with Gasteiger partial charge in [-0.1, -0.05) is 54.1 Å². The minimum atomic E-state index is -0.701. The van der Waals surface area contributed by atoms with Crippen LogP contribution in [0.5, 0.6) is 0 Å². The Balaban J connectivity index is 1.74. The van der Waals surface area contributed by atoms with E-state index in [1.807, 2.05) is 6.07 Å². The predicted molar refractivity (Wildman–Crippen MR) is 128 cm³/mol. The maximum Gasteiger partial charge on any atom is 0.338 e. The minimum absolute atomic E-state index is 0.143. The standard InChI is InChI=1S/C25H26ClN3O6/c1-3-34-24(32)22-15(2)27-25(33)29-20(22)14-35-21(30)13-19(16-9-5-4-6-10-16)28-23(31)17-11-7-8-12-18(17)26/h4-12,15,19H,3,13-14H2,1-2H3,(H,28,31)(H2,27,29,33). The first-order chi connectivity index (χ1) is 16.8. The van der Waals surface area contributed by atoms with Crippen LogP contribution in [0.2, 0.25) is 5.02 Å². The minimum Gasteiger partial charge on any atom is -0.463 e. The van der Waals surface area contributed by atoms with E-state index in [1.54, 1.807) is 62.4 Å². The van der Waals surface area contributed by atoms with Gasteiger partial charge >= 0.3 is 18.0 Å². The molecule has 0 saturated heterocycles. The Morgan fingerprint density at radius 2 is 1.74 bits per heavy atom. The number of halogens is 1. The number of benzene rings is 2. The highest BCUT2D eigenvalue weighted by Gasteiger charge is 2.30. The van der Waals surface area contributed by atoms with Crippen molar-refractivity contribution in [3.8, 4) is 0 Å². The molecule has 3 N–H and O–H groups in total. The molecule has 0 radical (unpaired) electrons. The van der Waals surface area contributed by atoms with Crippen LogP contribution in [-0.2, 0) is 19.1 Å². The summed E-state index contributed by atoms with van der Waals surface area (Å²) in [4.78, 5) is 49.8. The summed E-state index contributed by atoms with van der Waals surface area (Å²) < 4.78 is 10.4. The highest BCUT2D eigenvalue weighted by atomic mass is 35.5. The second kappa shape index (κ2) is 12.0. The van der Waals surface area contributed by atoms with Gasteiger partial charge in [0.2, 0.25) is 0 Å². The lowest BCUT2D eigenvalue weighted by atomic mass is 10.0. The fraction of sp³-hybridized carbons (Fsp3) is 0.280. The summed E-state index contributed by atoms with van der Waals surface area (Å²) in [6.45, 7) is 3.10. The summed E-state index contributed by atoms with van der Waals surface area (Å²) in [6.07, 6.45) is -0.191. The molecule has 3 rings (SSSR count). The van der Waals surface area contributed by atoms with E-state index in [2.05, 4.69) is 16.0 Å². The Morgan fingerprint density at radius 1 is 1.06 bits per heavy atom. The van der Waals surface area contributed by atoms with Crippen LogP contribution in [0.25, 0.3) is 0 Å². The molecule has 1 heterocycles. The molecule has 3 amide bonds. The van der Waals surface area contributed by atoms with Crippen LogP contribution in [0.15, 0.2) is 65.9 Å². The van der Waals surface area contributed by atoms with Crippen LogP contribution >= 0.6 is 11.6 Å².